The van der Waals surface area contributed by atoms with Gasteiger partial charge in [0.1, 0.15) is 11.6 Å². The van der Waals surface area contributed by atoms with Crippen LogP contribution in [0.5, 0.6) is 0 Å². The number of hydrogen-bond donors (Lipinski definition) is 0. The van der Waals surface area contributed by atoms with Gasteiger partial charge in [0.2, 0.25) is 5.91 Å². The Labute approximate surface area is 162 Å². The Hall–Kier alpha value is -1.79. The summed E-state index contributed by atoms with van der Waals surface area (Å²) in [6.07, 6.45) is 1.33. The number of ether oxygens (including phenoxy) is 2. The SMILES string of the molecule is CCOC(=O)[C@@H]1C[C@@H]2CCN(C(=O)CC(C)C)C[C@@H]2N1C(=O)OC(C)(C)C. The molecule has 2 amide bonds. The lowest BCUT2D eigenvalue weighted by Gasteiger charge is -2.39. The first-order valence-electron chi connectivity index (χ1n) is 9.99. The maximum atomic E-state index is 12.9. The van der Waals surface area contributed by atoms with Gasteiger partial charge >= 0.3 is 12.1 Å². The average Bonchev–Trinajstić information content (AvgIpc) is 2.91. The summed E-state index contributed by atoms with van der Waals surface area (Å²) in [5.74, 6) is 0.174. The van der Waals surface area contributed by atoms with Crippen LogP contribution in [0.3, 0.4) is 0 Å². The van der Waals surface area contributed by atoms with Crippen LogP contribution < -0.4 is 0 Å². The van der Waals surface area contributed by atoms with E-state index in [-0.39, 0.29) is 30.4 Å². The summed E-state index contributed by atoms with van der Waals surface area (Å²) in [6, 6.07) is -0.853. The van der Waals surface area contributed by atoms with Crippen LogP contribution in [0.1, 0.15) is 60.8 Å². The van der Waals surface area contributed by atoms with E-state index in [1.165, 1.54) is 4.90 Å². The van der Waals surface area contributed by atoms with Crippen molar-refractivity contribution in [2.75, 3.05) is 19.7 Å². The maximum Gasteiger partial charge on any atom is 0.411 e. The van der Waals surface area contributed by atoms with Gasteiger partial charge in [-0.2, -0.15) is 0 Å². The Morgan fingerprint density at radius 3 is 2.41 bits per heavy atom. The van der Waals surface area contributed by atoms with Gasteiger partial charge in [0.05, 0.1) is 12.6 Å². The molecule has 2 rings (SSSR count). The summed E-state index contributed by atoms with van der Waals surface area (Å²) >= 11 is 0. The lowest BCUT2D eigenvalue weighted by molar-refractivity contribution is -0.148. The molecule has 2 fully saturated rings. The first-order chi connectivity index (χ1) is 12.5. The fourth-order valence-corrected chi connectivity index (χ4v) is 3.93. The lowest BCUT2D eigenvalue weighted by Crippen LogP contribution is -2.55. The molecule has 2 aliphatic rings. The summed E-state index contributed by atoms with van der Waals surface area (Å²) in [7, 11) is 0. The number of piperidine rings is 1. The largest absolute Gasteiger partial charge is 0.464 e. The van der Waals surface area contributed by atoms with Crippen molar-refractivity contribution < 1.29 is 23.9 Å². The summed E-state index contributed by atoms with van der Waals surface area (Å²) in [5.41, 5.74) is -0.657. The molecule has 0 saturated carbocycles. The van der Waals surface area contributed by atoms with Gasteiger partial charge in [-0.05, 0) is 52.4 Å². The summed E-state index contributed by atoms with van der Waals surface area (Å²) < 4.78 is 10.8. The summed E-state index contributed by atoms with van der Waals surface area (Å²) in [4.78, 5) is 41.2. The van der Waals surface area contributed by atoms with E-state index in [1.54, 1.807) is 27.7 Å². The molecule has 0 radical (unpaired) electrons. The maximum absolute atomic E-state index is 12.9. The Kier molecular flexibility index (Phi) is 6.76. The third-order valence-electron chi connectivity index (χ3n) is 5.04. The topological polar surface area (TPSA) is 76.2 Å². The Bertz CT molecular complexity index is 569. The van der Waals surface area contributed by atoms with Crippen LogP contribution >= 0.6 is 0 Å². The number of rotatable bonds is 4. The minimum Gasteiger partial charge on any atom is -0.464 e. The predicted molar refractivity (Wildman–Crippen MR) is 101 cm³/mol. The molecule has 0 aliphatic carbocycles. The van der Waals surface area contributed by atoms with Crippen molar-refractivity contribution >= 4 is 18.0 Å². The molecule has 0 aromatic heterocycles. The molecule has 2 heterocycles. The zero-order chi connectivity index (χ0) is 20.4. The molecular formula is C20H34N2O5. The second kappa shape index (κ2) is 8.48. The number of amides is 2. The molecule has 0 aromatic carbocycles. The second-order valence-electron chi connectivity index (χ2n) is 8.94. The van der Waals surface area contributed by atoms with Crippen LogP contribution in [0.25, 0.3) is 0 Å². The number of nitrogens with zero attached hydrogens (tertiary/aromatic N) is 2. The molecular weight excluding hydrogens is 348 g/mol. The van der Waals surface area contributed by atoms with Gasteiger partial charge < -0.3 is 14.4 Å². The molecule has 3 atom stereocenters. The van der Waals surface area contributed by atoms with Gasteiger partial charge in [-0.1, -0.05) is 13.8 Å². The first kappa shape index (κ1) is 21.5. The van der Waals surface area contributed by atoms with E-state index in [2.05, 4.69) is 0 Å². The van der Waals surface area contributed by atoms with E-state index in [0.717, 1.165) is 6.42 Å². The van der Waals surface area contributed by atoms with E-state index in [9.17, 15) is 14.4 Å². The van der Waals surface area contributed by atoms with E-state index in [1.807, 2.05) is 18.7 Å². The molecule has 7 nitrogen and oxygen atoms in total. The van der Waals surface area contributed by atoms with Crippen LogP contribution in [-0.2, 0) is 19.1 Å². The highest BCUT2D eigenvalue weighted by molar-refractivity contribution is 5.83. The van der Waals surface area contributed by atoms with Crippen LogP contribution in [-0.4, -0.2) is 65.2 Å². The van der Waals surface area contributed by atoms with Crippen LogP contribution in [0, 0.1) is 11.8 Å². The van der Waals surface area contributed by atoms with Crippen molar-refractivity contribution in [2.45, 2.75) is 78.5 Å². The van der Waals surface area contributed by atoms with E-state index in [0.29, 0.717) is 25.9 Å². The fourth-order valence-electron chi connectivity index (χ4n) is 3.93. The molecule has 0 N–H and O–H groups in total. The smallest absolute Gasteiger partial charge is 0.411 e. The van der Waals surface area contributed by atoms with Crippen LogP contribution in [0.15, 0.2) is 0 Å². The van der Waals surface area contributed by atoms with Gasteiger partial charge in [0.25, 0.3) is 0 Å². The highest BCUT2D eigenvalue weighted by atomic mass is 16.6. The van der Waals surface area contributed by atoms with Crippen LogP contribution in [0.4, 0.5) is 4.79 Å². The normalized spacial score (nSPS) is 25.4. The van der Waals surface area contributed by atoms with Crippen molar-refractivity contribution in [1.29, 1.82) is 0 Å². The zero-order valence-corrected chi connectivity index (χ0v) is 17.5. The van der Waals surface area contributed by atoms with Crippen molar-refractivity contribution in [2.24, 2.45) is 11.8 Å². The van der Waals surface area contributed by atoms with Gasteiger partial charge in [-0.25, -0.2) is 9.59 Å². The van der Waals surface area contributed by atoms with Gasteiger partial charge in [0, 0.05) is 19.5 Å². The molecule has 0 bridgehead atoms. The molecule has 2 saturated heterocycles. The fraction of sp³-hybridized carbons (Fsp3) is 0.850. The summed E-state index contributed by atoms with van der Waals surface area (Å²) in [6.45, 7) is 12.6. The Morgan fingerprint density at radius 2 is 1.85 bits per heavy atom. The number of likely N-dealkylation sites (tertiary alicyclic amines) is 2. The predicted octanol–water partition coefficient (Wildman–Crippen LogP) is 2.82. The standard InChI is InChI=1S/C20H34N2O5/c1-7-26-18(24)15-11-14-8-9-21(17(23)10-13(2)3)12-16(14)22(15)19(25)27-20(4,5)6/h13-16H,7-12H2,1-6H3/t14-,15-,16-/m0/s1. The van der Waals surface area contributed by atoms with E-state index < -0.39 is 23.7 Å². The molecule has 0 aromatic rings. The van der Waals surface area contributed by atoms with Crippen molar-refractivity contribution in [3.63, 3.8) is 0 Å². The third-order valence-corrected chi connectivity index (χ3v) is 5.04. The highest BCUT2D eigenvalue weighted by Crippen LogP contribution is 2.37. The van der Waals surface area contributed by atoms with Gasteiger partial charge in [-0.3, -0.25) is 9.69 Å². The van der Waals surface area contributed by atoms with Crippen molar-refractivity contribution in [3.8, 4) is 0 Å². The zero-order valence-electron chi connectivity index (χ0n) is 17.5. The quantitative estimate of drug-likeness (QED) is 0.699. The molecule has 154 valence electrons. The number of hydrogen-bond acceptors (Lipinski definition) is 5. The molecule has 7 heteroatoms. The highest BCUT2D eigenvalue weighted by Gasteiger charge is 2.51. The third kappa shape index (κ3) is 5.36. The Balaban J connectivity index is 2.21. The average molecular weight is 383 g/mol. The van der Waals surface area contributed by atoms with Crippen LogP contribution in [0.2, 0.25) is 0 Å². The minimum absolute atomic E-state index is 0.104. The second-order valence-corrected chi connectivity index (χ2v) is 8.94. The number of carbonyl (C=O) groups is 3. The number of fused-ring (bicyclic) bond motifs is 1. The van der Waals surface area contributed by atoms with Gasteiger partial charge in [-0.15, -0.1) is 0 Å². The summed E-state index contributed by atoms with van der Waals surface area (Å²) in [5, 5.41) is 0. The van der Waals surface area contributed by atoms with Gasteiger partial charge in [0.15, 0.2) is 0 Å². The molecule has 2 aliphatic heterocycles. The lowest BCUT2D eigenvalue weighted by atomic mass is 9.91. The van der Waals surface area contributed by atoms with Crippen molar-refractivity contribution in [3.05, 3.63) is 0 Å². The molecule has 27 heavy (non-hydrogen) atoms. The van der Waals surface area contributed by atoms with Crippen molar-refractivity contribution in [1.82, 2.24) is 9.80 Å². The minimum atomic E-state index is -0.657. The number of carbonyl (C=O) groups excluding carboxylic acids is 3. The van der Waals surface area contributed by atoms with E-state index in [4.69, 9.17) is 9.47 Å². The first-order valence-corrected chi connectivity index (χ1v) is 9.99. The molecule has 0 spiro atoms. The Morgan fingerprint density at radius 1 is 1.19 bits per heavy atom. The monoisotopic (exact) mass is 382 g/mol. The molecule has 0 unspecified atom stereocenters. The number of esters is 1. The van der Waals surface area contributed by atoms with E-state index >= 15 is 0 Å².